The summed E-state index contributed by atoms with van der Waals surface area (Å²) in [4.78, 5) is 13.6. The van der Waals surface area contributed by atoms with Gasteiger partial charge in [0.05, 0.1) is 0 Å². The fourth-order valence-electron chi connectivity index (χ4n) is 3.50. The Labute approximate surface area is 136 Å². The van der Waals surface area contributed by atoms with Crippen molar-refractivity contribution >= 4 is 0 Å². The Balaban J connectivity index is 1.56. The fourth-order valence-corrected chi connectivity index (χ4v) is 3.50. The van der Waals surface area contributed by atoms with E-state index in [9.17, 15) is 0 Å². The van der Waals surface area contributed by atoms with Crippen LogP contribution in [0.2, 0.25) is 0 Å². The van der Waals surface area contributed by atoms with Crippen LogP contribution in [0.1, 0.15) is 43.0 Å². The molecule has 1 aliphatic carbocycles. The summed E-state index contributed by atoms with van der Waals surface area (Å²) in [6, 6.07) is 4.87. The lowest BCUT2D eigenvalue weighted by Crippen LogP contribution is -2.38. The second kappa shape index (κ2) is 6.72. The summed E-state index contributed by atoms with van der Waals surface area (Å²) in [6.45, 7) is 1.74. The van der Waals surface area contributed by atoms with Gasteiger partial charge < -0.3 is 10.1 Å². The Morgan fingerprint density at radius 1 is 1.13 bits per heavy atom. The highest BCUT2D eigenvalue weighted by molar-refractivity contribution is 5.53. The first-order valence-electron chi connectivity index (χ1n) is 8.50. The van der Waals surface area contributed by atoms with Gasteiger partial charge in [0.2, 0.25) is 0 Å². The zero-order valence-electron chi connectivity index (χ0n) is 13.2. The molecule has 1 unspecified atom stereocenters. The van der Waals surface area contributed by atoms with E-state index in [1.165, 1.54) is 24.1 Å². The maximum absolute atomic E-state index is 5.45. The molecule has 5 nitrogen and oxygen atoms in total. The molecule has 2 aliphatic rings. The second-order valence-corrected chi connectivity index (χ2v) is 6.34. The maximum atomic E-state index is 5.45. The van der Waals surface area contributed by atoms with E-state index in [2.05, 4.69) is 15.3 Å². The Morgan fingerprint density at radius 3 is 2.87 bits per heavy atom. The van der Waals surface area contributed by atoms with E-state index in [0.29, 0.717) is 12.1 Å². The standard InChI is InChI=1S/C18H22N4O/c1-4-16(21-14-6-9-23-10-7-14)15-12-20-18(22-17(15)5-1)13-3-2-8-19-11-13/h2-3,8,11-12,14,16,21H,1,4-7,9-10H2. The molecule has 1 aliphatic heterocycles. The molecule has 3 heterocycles. The topological polar surface area (TPSA) is 59.9 Å². The van der Waals surface area contributed by atoms with Gasteiger partial charge in [0, 0.05) is 60.7 Å². The molecular weight excluding hydrogens is 288 g/mol. The summed E-state index contributed by atoms with van der Waals surface area (Å²) in [5, 5.41) is 3.80. The highest BCUT2D eigenvalue weighted by Crippen LogP contribution is 2.30. The third-order valence-electron chi connectivity index (χ3n) is 4.76. The van der Waals surface area contributed by atoms with Crippen molar-refractivity contribution < 1.29 is 4.74 Å². The van der Waals surface area contributed by atoms with Gasteiger partial charge in [0.15, 0.2) is 5.82 Å². The summed E-state index contributed by atoms with van der Waals surface area (Å²) in [6.07, 6.45) is 11.2. The summed E-state index contributed by atoms with van der Waals surface area (Å²) >= 11 is 0. The van der Waals surface area contributed by atoms with Gasteiger partial charge in [-0.1, -0.05) is 0 Å². The number of ether oxygens (including phenoxy) is 1. The molecule has 4 rings (SSSR count). The Hall–Kier alpha value is -1.85. The third-order valence-corrected chi connectivity index (χ3v) is 4.76. The van der Waals surface area contributed by atoms with Crippen LogP contribution in [0, 0.1) is 0 Å². The van der Waals surface area contributed by atoms with Gasteiger partial charge in [0.1, 0.15) is 0 Å². The minimum Gasteiger partial charge on any atom is -0.381 e. The highest BCUT2D eigenvalue weighted by atomic mass is 16.5. The molecule has 1 saturated heterocycles. The Morgan fingerprint density at radius 2 is 2.04 bits per heavy atom. The van der Waals surface area contributed by atoms with Crippen molar-refractivity contribution in [2.75, 3.05) is 13.2 Å². The van der Waals surface area contributed by atoms with Gasteiger partial charge in [-0.15, -0.1) is 0 Å². The van der Waals surface area contributed by atoms with Crippen molar-refractivity contribution in [2.45, 2.75) is 44.2 Å². The zero-order chi connectivity index (χ0) is 15.5. The molecule has 1 atom stereocenters. The number of aryl methyl sites for hydroxylation is 1. The van der Waals surface area contributed by atoms with Crippen LogP contribution in [0.3, 0.4) is 0 Å². The van der Waals surface area contributed by atoms with Crippen molar-refractivity contribution in [3.8, 4) is 11.4 Å². The molecule has 1 fully saturated rings. The first kappa shape index (κ1) is 14.7. The lowest BCUT2D eigenvalue weighted by Gasteiger charge is -2.31. The molecule has 120 valence electrons. The Bertz CT molecular complexity index is 655. The van der Waals surface area contributed by atoms with Gasteiger partial charge >= 0.3 is 0 Å². The summed E-state index contributed by atoms with van der Waals surface area (Å²) in [5.41, 5.74) is 3.44. The molecule has 23 heavy (non-hydrogen) atoms. The zero-order valence-corrected chi connectivity index (χ0v) is 13.2. The van der Waals surface area contributed by atoms with Crippen LogP contribution < -0.4 is 5.32 Å². The van der Waals surface area contributed by atoms with Crippen molar-refractivity contribution in [3.63, 3.8) is 0 Å². The van der Waals surface area contributed by atoms with Gasteiger partial charge in [0.25, 0.3) is 0 Å². The molecule has 2 aromatic heterocycles. The monoisotopic (exact) mass is 310 g/mol. The molecule has 0 spiro atoms. The van der Waals surface area contributed by atoms with E-state index >= 15 is 0 Å². The van der Waals surface area contributed by atoms with Crippen LogP contribution in [0.15, 0.2) is 30.7 Å². The Kier molecular flexibility index (Phi) is 4.30. The van der Waals surface area contributed by atoms with Crippen molar-refractivity contribution in [3.05, 3.63) is 42.0 Å². The predicted molar refractivity (Wildman–Crippen MR) is 87.9 cm³/mol. The van der Waals surface area contributed by atoms with Crippen molar-refractivity contribution in [1.29, 1.82) is 0 Å². The highest BCUT2D eigenvalue weighted by Gasteiger charge is 2.25. The summed E-state index contributed by atoms with van der Waals surface area (Å²) < 4.78 is 5.45. The fraction of sp³-hybridized carbons (Fsp3) is 0.500. The van der Waals surface area contributed by atoms with E-state index in [-0.39, 0.29) is 0 Å². The van der Waals surface area contributed by atoms with Crippen LogP contribution in [0.25, 0.3) is 11.4 Å². The number of rotatable bonds is 3. The quantitative estimate of drug-likeness (QED) is 0.944. The maximum Gasteiger partial charge on any atom is 0.160 e. The van der Waals surface area contributed by atoms with E-state index in [0.717, 1.165) is 43.9 Å². The summed E-state index contributed by atoms with van der Waals surface area (Å²) in [5.74, 6) is 0.781. The molecule has 0 amide bonds. The molecular formula is C18H22N4O. The van der Waals surface area contributed by atoms with E-state index in [1.54, 1.807) is 6.20 Å². The molecule has 2 aromatic rings. The van der Waals surface area contributed by atoms with Gasteiger partial charge in [-0.3, -0.25) is 4.98 Å². The van der Waals surface area contributed by atoms with Crippen LogP contribution in [0.5, 0.6) is 0 Å². The number of nitrogens with one attached hydrogen (secondary N) is 1. The lowest BCUT2D eigenvalue weighted by atomic mass is 9.91. The molecule has 1 N–H and O–H groups in total. The van der Waals surface area contributed by atoms with E-state index in [4.69, 9.17) is 9.72 Å². The molecule has 0 saturated carbocycles. The minimum absolute atomic E-state index is 0.379. The normalized spacial score (nSPS) is 21.8. The van der Waals surface area contributed by atoms with Crippen LogP contribution in [0.4, 0.5) is 0 Å². The number of fused-ring (bicyclic) bond motifs is 1. The van der Waals surface area contributed by atoms with Gasteiger partial charge in [-0.2, -0.15) is 0 Å². The molecule has 0 aromatic carbocycles. The van der Waals surface area contributed by atoms with E-state index < -0.39 is 0 Å². The third kappa shape index (κ3) is 3.26. The first-order valence-corrected chi connectivity index (χ1v) is 8.50. The molecule has 0 radical (unpaired) electrons. The SMILES string of the molecule is c1cncc(-c2ncc3c(n2)CCCC3NC2CCOCC2)c1. The van der Waals surface area contributed by atoms with Crippen LogP contribution in [-0.4, -0.2) is 34.2 Å². The minimum atomic E-state index is 0.379. The van der Waals surface area contributed by atoms with Crippen LogP contribution in [-0.2, 0) is 11.2 Å². The smallest absolute Gasteiger partial charge is 0.160 e. The first-order chi connectivity index (χ1) is 11.4. The van der Waals surface area contributed by atoms with Gasteiger partial charge in [-0.25, -0.2) is 9.97 Å². The summed E-state index contributed by atoms with van der Waals surface area (Å²) in [7, 11) is 0. The number of hydrogen-bond acceptors (Lipinski definition) is 5. The molecule has 5 heteroatoms. The molecule has 0 bridgehead atoms. The predicted octanol–water partition coefficient (Wildman–Crippen LogP) is 2.68. The number of nitrogens with zero attached hydrogens (tertiary/aromatic N) is 3. The number of pyridine rings is 1. The van der Waals surface area contributed by atoms with Crippen molar-refractivity contribution in [2.24, 2.45) is 0 Å². The average Bonchev–Trinajstić information content (AvgIpc) is 2.63. The van der Waals surface area contributed by atoms with Crippen molar-refractivity contribution in [1.82, 2.24) is 20.3 Å². The number of aromatic nitrogens is 3. The van der Waals surface area contributed by atoms with Gasteiger partial charge in [-0.05, 0) is 44.2 Å². The van der Waals surface area contributed by atoms with E-state index in [1.807, 2.05) is 24.5 Å². The van der Waals surface area contributed by atoms with Crippen LogP contribution >= 0.6 is 0 Å². The second-order valence-electron chi connectivity index (χ2n) is 6.34. The lowest BCUT2D eigenvalue weighted by molar-refractivity contribution is 0.0741. The average molecular weight is 310 g/mol. The number of hydrogen-bond donors (Lipinski definition) is 1. The largest absolute Gasteiger partial charge is 0.381 e.